The highest BCUT2D eigenvalue weighted by Crippen LogP contribution is 2.29. The number of hydrogen-bond donors (Lipinski definition) is 1. The third-order valence-electron chi connectivity index (χ3n) is 4.10. The Morgan fingerprint density at radius 2 is 1.82 bits per heavy atom. The number of benzene rings is 2. The van der Waals surface area contributed by atoms with Crippen LogP contribution in [0.15, 0.2) is 47.6 Å². The highest BCUT2D eigenvalue weighted by molar-refractivity contribution is 7.99. The summed E-state index contributed by atoms with van der Waals surface area (Å²) in [5.41, 5.74) is 2.73. The van der Waals surface area contributed by atoms with Crippen molar-refractivity contribution >= 4 is 23.4 Å². The number of rotatable bonds is 7. The van der Waals surface area contributed by atoms with E-state index in [9.17, 15) is 4.79 Å². The molecule has 8 heteroatoms. The molecule has 1 N–H and O–H groups in total. The van der Waals surface area contributed by atoms with E-state index in [0.717, 1.165) is 11.5 Å². The Hall–Kier alpha value is -3.00. The summed E-state index contributed by atoms with van der Waals surface area (Å²) in [7, 11) is 3.13. The molecule has 0 aliphatic heterocycles. The zero-order valence-electron chi connectivity index (χ0n) is 16.2. The van der Waals surface area contributed by atoms with Crippen LogP contribution in [0.2, 0.25) is 0 Å². The number of methoxy groups -OCH3 is 2. The molecule has 1 heterocycles. The minimum Gasteiger partial charge on any atom is -0.497 e. The molecule has 3 aromatic rings. The Morgan fingerprint density at radius 3 is 2.50 bits per heavy atom. The smallest absolute Gasteiger partial charge is 0.234 e. The van der Waals surface area contributed by atoms with E-state index in [-0.39, 0.29) is 11.7 Å². The summed E-state index contributed by atoms with van der Waals surface area (Å²) in [6, 6.07) is 13.3. The number of ether oxygens (including phenoxy) is 2. The van der Waals surface area contributed by atoms with Gasteiger partial charge < -0.3 is 14.8 Å². The molecule has 28 heavy (non-hydrogen) atoms. The summed E-state index contributed by atoms with van der Waals surface area (Å²) in [4.78, 5) is 12.4. The van der Waals surface area contributed by atoms with Crippen molar-refractivity contribution in [3.8, 4) is 17.2 Å². The molecular weight excluding hydrogens is 376 g/mol. The van der Waals surface area contributed by atoms with Crippen molar-refractivity contribution in [1.29, 1.82) is 0 Å². The van der Waals surface area contributed by atoms with Gasteiger partial charge in [-0.2, -0.15) is 0 Å². The Morgan fingerprint density at radius 1 is 1.07 bits per heavy atom. The Labute approximate surface area is 168 Å². The van der Waals surface area contributed by atoms with Crippen LogP contribution < -0.4 is 14.8 Å². The van der Waals surface area contributed by atoms with Gasteiger partial charge in [0, 0.05) is 11.8 Å². The van der Waals surface area contributed by atoms with Crippen molar-refractivity contribution in [3.05, 3.63) is 53.9 Å². The van der Waals surface area contributed by atoms with Gasteiger partial charge in [-0.1, -0.05) is 29.5 Å². The Bertz CT molecular complexity index is 970. The fourth-order valence-corrected chi connectivity index (χ4v) is 3.44. The van der Waals surface area contributed by atoms with Crippen LogP contribution in [0, 0.1) is 13.8 Å². The molecule has 0 aliphatic carbocycles. The van der Waals surface area contributed by atoms with Crippen molar-refractivity contribution < 1.29 is 14.3 Å². The number of carbonyl (C=O) groups excluding carboxylic acids is 1. The largest absolute Gasteiger partial charge is 0.497 e. The molecule has 0 aliphatic rings. The summed E-state index contributed by atoms with van der Waals surface area (Å²) in [5, 5.41) is 11.9. The van der Waals surface area contributed by atoms with Crippen LogP contribution in [0.3, 0.4) is 0 Å². The molecular formula is C20H22N4O3S. The van der Waals surface area contributed by atoms with Gasteiger partial charge in [0.2, 0.25) is 5.91 Å². The molecule has 3 rings (SSSR count). The maximum absolute atomic E-state index is 12.4. The van der Waals surface area contributed by atoms with Gasteiger partial charge in [0.15, 0.2) is 5.16 Å². The van der Waals surface area contributed by atoms with Crippen molar-refractivity contribution in [2.24, 2.45) is 0 Å². The highest BCUT2D eigenvalue weighted by Gasteiger charge is 2.14. The molecule has 1 aromatic heterocycles. The molecule has 7 nitrogen and oxygen atoms in total. The van der Waals surface area contributed by atoms with Gasteiger partial charge in [0.25, 0.3) is 0 Å². The van der Waals surface area contributed by atoms with E-state index in [2.05, 4.69) is 15.5 Å². The zero-order valence-corrected chi connectivity index (χ0v) is 17.0. The highest BCUT2D eigenvalue weighted by atomic mass is 32.2. The second-order valence-corrected chi connectivity index (χ2v) is 7.05. The number of hydrogen-bond acceptors (Lipinski definition) is 6. The second-order valence-electron chi connectivity index (χ2n) is 6.10. The van der Waals surface area contributed by atoms with E-state index in [1.54, 1.807) is 32.4 Å². The monoisotopic (exact) mass is 398 g/mol. The predicted molar refractivity (Wildman–Crippen MR) is 110 cm³/mol. The van der Waals surface area contributed by atoms with Gasteiger partial charge in [-0.25, -0.2) is 0 Å². The first-order valence-electron chi connectivity index (χ1n) is 8.65. The predicted octanol–water partition coefficient (Wildman–Crippen LogP) is 3.63. The summed E-state index contributed by atoms with van der Waals surface area (Å²) < 4.78 is 12.4. The standard InChI is InChI=1S/C20H22N4O3S/c1-13-5-7-15(8-6-13)24-14(2)22-23-20(24)28-12-19(25)21-17-10-9-16(26-3)11-18(17)27-4/h5-11H,12H2,1-4H3,(H,21,25). The molecule has 0 saturated carbocycles. The summed E-state index contributed by atoms with van der Waals surface area (Å²) >= 11 is 1.33. The van der Waals surface area contributed by atoms with Crippen molar-refractivity contribution in [2.75, 3.05) is 25.3 Å². The number of nitrogens with one attached hydrogen (secondary N) is 1. The lowest BCUT2D eigenvalue weighted by atomic mass is 10.2. The van der Waals surface area contributed by atoms with Crippen LogP contribution in [0.1, 0.15) is 11.4 Å². The number of anilines is 1. The maximum Gasteiger partial charge on any atom is 0.234 e. The summed E-state index contributed by atoms with van der Waals surface area (Å²) in [6.07, 6.45) is 0. The van der Waals surface area contributed by atoms with Gasteiger partial charge >= 0.3 is 0 Å². The van der Waals surface area contributed by atoms with E-state index < -0.39 is 0 Å². The van der Waals surface area contributed by atoms with Gasteiger partial charge in [-0.3, -0.25) is 9.36 Å². The lowest BCUT2D eigenvalue weighted by Gasteiger charge is -2.12. The molecule has 2 aromatic carbocycles. The van der Waals surface area contributed by atoms with E-state index in [4.69, 9.17) is 9.47 Å². The number of carbonyl (C=O) groups is 1. The quantitative estimate of drug-likeness (QED) is 0.613. The Balaban J connectivity index is 1.70. The lowest BCUT2D eigenvalue weighted by molar-refractivity contribution is -0.113. The summed E-state index contributed by atoms with van der Waals surface area (Å²) in [6.45, 7) is 3.93. The molecule has 0 radical (unpaired) electrons. The summed E-state index contributed by atoms with van der Waals surface area (Å²) in [5.74, 6) is 1.99. The number of amides is 1. The number of thioether (sulfide) groups is 1. The topological polar surface area (TPSA) is 78.3 Å². The number of nitrogens with zero attached hydrogens (tertiary/aromatic N) is 3. The molecule has 0 unspecified atom stereocenters. The van der Waals surface area contributed by atoms with Gasteiger partial charge in [-0.05, 0) is 38.1 Å². The van der Waals surface area contributed by atoms with E-state index in [1.807, 2.05) is 42.7 Å². The minimum atomic E-state index is -0.162. The SMILES string of the molecule is COc1ccc(NC(=O)CSc2nnc(C)n2-c2ccc(C)cc2)c(OC)c1. The van der Waals surface area contributed by atoms with Crippen LogP contribution >= 0.6 is 11.8 Å². The molecule has 0 spiro atoms. The van der Waals surface area contributed by atoms with Crippen LogP contribution in [-0.2, 0) is 4.79 Å². The molecule has 0 atom stereocenters. The van der Waals surface area contributed by atoms with Crippen LogP contribution in [0.5, 0.6) is 11.5 Å². The van der Waals surface area contributed by atoms with Gasteiger partial charge in [-0.15, -0.1) is 10.2 Å². The van der Waals surface area contributed by atoms with Crippen molar-refractivity contribution in [3.63, 3.8) is 0 Å². The third kappa shape index (κ3) is 4.45. The second kappa shape index (κ2) is 8.79. The van der Waals surface area contributed by atoms with E-state index in [1.165, 1.54) is 17.3 Å². The maximum atomic E-state index is 12.4. The van der Waals surface area contributed by atoms with Gasteiger partial charge in [0.1, 0.15) is 17.3 Å². The molecule has 0 saturated heterocycles. The molecule has 1 amide bonds. The van der Waals surface area contributed by atoms with Crippen LogP contribution in [0.25, 0.3) is 5.69 Å². The minimum absolute atomic E-state index is 0.162. The first kappa shape index (κ1) is 19.8. The fourth-order valence-electron chi connectivity index (χ4n) is 2.65. The lowest BCUT2D eigenvalue weighted by Crippen LogP contribution is -2.15. The fraction of sp³-hybridized carbons (Fsp3) is 0.250. The molecule has 0 fully saturated rings. The first-order chi connectivity index (χ1) is 13.5. The zero-order chi connectivity index (χ0) is 20.1. The number of aromatic nitrogens is 3. The molecule has 146 valence electrons. The van der Waals surface area contributed by atoms with Crippen LogP contribution in [-0.4, -0.2) is 40.6 Å². The third-order valence-corrected chi connectivity index (χ3v) is 5.03. The average molecular weight is 398 g/mol. The van der Waals surface area contributed by atoms with E-state index in [0.29, 0.717) is 22.3 Å². The first-order valence-corrected chi connectivity index (χ1v) is 9.64. The van der Waals surface area contributed by atoms with Crippen molar-refractivity contribution in [1.82, 2.24) is 14.8 Å². The Kier molecular flexibility index (Phi) is 6.20. The average Bonchev–Trinajstić information content (AvgIpc) is 3.07. The molecule has 0 bridgehead atoms. The normalized spacial score (nSPS) is 10.6. The van der Waals surface area contributed by atoms with Gasteiger partial charge in [0.05, 0.1) is 25.7 Å². The van der Waals surface area contributed by atoms with Crippen molar-refractivity contribution in [2.45, 2.75) is 19.0 Å². The van der Waals surface area contributed by atoms with Crippen LogP contribution in [0.4, 0.5) is 5.69 Å². The number of aryl methyl sites for hydroxylation is 2. The van der Waals surface area contributed by atoms with E-state index >= 15 is 0 Å².